The molecule has 1 fully saturated rings. The molecule has 2 unspecified atom stereocenters. The first-order valence-corrected chi connectivity index (χ1v) is 8.60. The molecule has 1 heterocycles. The van der Waals surface area contributed by atoms with E-state index in [2.05, 4.69) is 16.7 Å². The quantitative estimate of drug-likeness (QED) is 0.817. The van der Waals surface area contributed by atoms with Crippen LogP contribution in [0.3, 0.4) is 0 Å². The van der Waals surface area contributed by atoms with Crippen LogP contribution in [0, 0.1) is 11.8 Å². The lowest BCUT2D eigenvalue weighted by molar-refractivity contribution is -0.137. The number of aromatic nitrogens is 2. The van der Waals surface area contributed by atoms with Gasteiger partial charge in [-0.2, -0.15) is 5.10 Å². The van der Waals surface area contributed by atoms with Gasteiger partial charge in [-0.05, 0) is 18.3 Å². The zero-order valence-electron chi connectivity index (χ0n) is 12.0. The molecule has 8 heteroatoms. The highest BCUT2D eigenvalue weighted by atomic mass is 32.2. The highest BCUT2D eigenvalue weighted by molar-refractivity contribution is 7.89. The van der Waals surface area contributed by atoms with Crippen LogP contribution in [-0.4, -0.2) is 35.8 Å². The van der Waals surface area contributed by atoms with E-state index >= 15 is 0 Å². The summed E-state index contributed by atoms with van der Waals surface area (Å²) in [6.45, 7) is 2.23. The molecule has 0 radical (unpaired) electrons. The fraction of sp³-hybridized carbons (Fsp3) is 0.692. The highest BCUT2D eigenvalue weighted by Crippen LogP contribution is 2.29. The first-order chi connectivity index (χ1) is 9.88. The largest absolute Gasteiger partial charge is 0.480 e. The Kier molecular flexibility index (Phi) is 5.00. The van der Waals surface area contributed by atoms with Crippen LogP contribution < -0.4 is 4.72 Å². The van der Waals surface area contributed by atoms with Gasteiger partial charge in [-0.3, -0.25) is 9.48 Å². The van der Waals surface area contributed by atoms with Crippen LogP contribution in [0.2, 0.25) is 0 Å². The number of nitrogens with zero attached hydrogens (tertiary/aromatic N) is 2. The summed E-state index contributed by atoms with van der Waals surface area (Å²) in [4.78, 5) is 10.6. The Bertz CT molecular complexity index is 596. The zero-order valence-corrected chi connectivity index (χ0v) is 12.8. The second-order valence-corrected chi connectivity index (χ2v) is 7.41. The van der Waals surface area contributed by atoms with Crippen molar-refractivity contribution in [2.75, 3.05) is 6.54 Å². The smallest absolute Gasteiger partial charge is 0.325 e. The van der Waals surface area contributed by atoms with E-state index in [0.717, 1.165) is 23.9 Å². The van der Waals surface area contributed by atoms with Crippen LogP contribution in [0.4, 0.5) is 0 Å². The van der Waals surface area contributed by atoms with E-state index in [0.29, 0.717) is 18.4 Å². The van der Waals surface area contributed by atoms with Gasteiger partial charge in [0.05, 0.1) is 6.20 Å². The van der Waals surface area contributed by atoms with Gasteiger partial charge in [0.2, 0.25) is 10.0 Å². The molecule has 1 aliphatic carbocycles. The third kappa shape index (κ3) is 4.28. The minimum Gasteiger partial charge on any atom is -0.480 e. The molecule has 0 aromatic carbocycles. The van der Waals surface area contributed by atoms with E-state index in [4.69, 9.17) is 5.11 Å². The molecule has 1 aromatic heterocycles. The molecule has 0 spiro atoms. The topological polar surface area (TPSA) is 101 Å². The molecule has 2 atom stereocenters. The van der Waals surface area contributed by atoms with Crippen LogP contribution in [0.5, 0.6) is 0 Å². The van der Waals surface area contributed by atoms with Crippen LogP contribution in [0.1, 0.15) is 32.6 Å². The van der Waals surface area contributed by atoms with Crippen LogP contribution in [0.25, 0.3) is 0 Å². The maximum atomic E-state index is 12.2. The maximum Gasteiger partial charge on any atom is 0.325 e. The Labute approximate surface area is 124 Å². The molecule has 0 amide bonds. The molecule has 0 bridgehead atoms. The number of hydrogen-bond donors (Lipinski definition) is 2. The van der Waals surface area contributed by atoms with Gasteiger partial charge in [0.1, 0.15) is 11.4 Å². The zero-order chi connectivity index (χ0) is 15.5. The Morgan fingerprint density at radius 2 is 2.19 bits per heavy atom. The molecule has 0 saturated heterocycles. The van der Waals surface area contributed by atoms with Gasteiger partial charge < -0.3 is 5.11 Å². The number of aliphatic carboxylic acids is 1. The first-order valence-electron chi connectivity index (χ1n) is 7.12. The summed E-state index contributed by atoms with van der Waals surface area (Å²) in [5.41, 5.74) is 0. The van der Waals surface area contributed by atoms with Gasteiger partial charge in [-0.1, -0.05) is 26.2 Å². The lowest BCUT2D eigenvalue weighted by Gasteiger charge is -2.28. The number of carboxylic acids is 1. The van der Waals surface area contributed by atoms with Gasteiger partial charge in [0, 0.05) is 12.7 Å². The standard InChI is InChI=1S/C13H21N3O4S/c1-10-4-2-3-5-11(10)6-15-21(19,20)12-7-14-16(8-12)9-13(17)18/h7-8,10-11,15H,2-6,9H2,1H3,(H,17,18). The second-order valence-electron chi connectivity index (χ2n) is 5.64. The van der Waals surface area contributed by atoms with Crippen LogP contribution in [-0.2, 0) is 21.4 Å². The number of carboxylic acid groups (broad SMARTS) is 1. The molecular formula is C13H21N3O4S. The van der Waals surface area contributed by atoms with E-state index in [-0.39, 0.29) is 11.4 Å². The Balaban J connectivity index is 1.97. The van der Waals surface area contributed by atoms with Crippen LogP contribution in [0.15, 0.2) is 17.3 Å². The fourth-order valence-corrected chi connectivity index (χ4v) is 3.75. The van der Waals surface area contributed by atoms with Crippen molar-refractivity contribution in [2.45, 2.75) is 44.0 Å². The summed E-state index contributed by atoms with van der Waals surface area (Å²) in [5, 5.41) is 12.4. The Morgan fingerprint density at radius 1 is 1.48 bits per heavy atom. The molecule has 2 rings (SSSR count). The van der Waals surface area contributed by atoms with Gasteiger partial charge >= 0.3 is 5.97 Å². The lowest BCUT2D eigenvalue weighted by atomic mass is 9.81. The van der Waals surface area contributed by atoms with Gasteiger partial charge in [-0.15, -0.1) is 0 Å². The highest BCUT2D eigenvalue weighted by Gasteiger charge is 2.24. The Hall–Kier alpha value is -1.41. The lowest BCUT2D eigenvalue weighted by Crippen LogP contribution is -2.33. The molecule has 21 heavy (non-hydrogen) atoms. The second kappa shape index (κ2) is 6.57. The van der Waals surface area contributed by atoms with Gasteiger partial charge in [-0.25, -0.2) is 13.1 Å². The summed E-state index contributed by atoms with van der Waals surface area (Å²) in [5.74, 6) is -0.176. The summed E-state index contributed by atoms with van der Waals surface area (Å²) in [7, 11) is -3.62. The minimum atomic E-state index is -3.62. The van der Waals surface area contributed by atoms with Crippen molar-refractivity contribution in [3.05, 3.63) is 12.4 Å². The fourth-order valence-electron chi connectivity index (χ4n) is 2.70. The first kappa shape index (κ1) is 16.0. The monoisotopic (exact) mass is 315 g/mol. The molecule has 0 aliphatic heterocycles. The van der Waals surface area contributed by atoms with Crippen molar-refractivity contribution in [1.82, 2.24) is 14.5 Å². The summed E-state index contributed by atoms with van der Waals surface area (Å²) in [6, 6.07) is 0. The molecule has 7 nitrogen and oxygen atoms in total. The summed E-state index contributed by atoms with van der Waals surface area (Å²) >= 11 is 0. The summed E-state index contributed by atoms with van der Waals surface area (Å²) in [6.07, 6.45) is 6.96. The number of nitrogens with one attached hydrogen (secondary N) is 1. The van der Waals surface area contributed by atoms with Crippen LogP contribution >= 0.6 is 0 Å². The average Bonchev–Trinajstić information content (AvgIpc) is 2.86. The van der Waals surface area contributed by atoms with Crippen molar-refractivity contribution < 1.29 is 18.3 Å². The molecule has 1 aromatic rings. The molecular weight excluding hydrogens is 294 g/mol. The average molecular weight is 315 g/mol. The molecule has 2 N–H and O–H groups in total. The van der Waals surface area contributed by atoms with E-state index in [1.165, 1.54) is 18.8 Å². The molecule has 1 aliphatic rings. The SMILES string of the molecule is CC1CCCCC1CNS(=O)(=O)c1cnn(CC(=O)O)c1. The van der Waals surface area contributed by atoms with E-state index < -0.39 is 16.0 Å². The van der Waals surface area contributed by atoms with Crippen molar-refractivity contribution in [1.29, 1.82) is 0 Å². The molecule has 1 saturated carbocycles. The van der Waals surface area contributed by atoms with Gasteiger partial charge in [0.25, 0.3) is 0 Å². The van der Waals surface area contributed by atoms with E-state index in [9.17, 15) is 13.2 Å². The maximum absolute atomic E-state index is 12.2. The number of rotatable bonds is 6. The molecule has 118 valence electrons. The van der Waals surface area contributed by atoms with Crippen molar-refractivity contribution in [3.63, 3.8) is 0 Å². The number of hydrogen-bond acceptors (Lipinski definition) is 4. The predicted molar refractivity (Wildman–Crippen MR) is 76.2 cm³/mol. The number of carbonyl (C=O) groups is 1. The van der Waals surface area contributed by atoms with E-state index in [1.807, 2.05) is 0 Å². The normalized spacial score (nSPS) is 23.1. The van der Waals surface area contributed by atoms with Crippen molar-refractivity contribution in [2.24, 2.45) is 11.8 Å². The third-order valence-corrected chi connectivity index (χ3v) is 5.42. The minimum absolute atomic E-state index is 0.00668. The van der Waals surface area contributed by atoms with Crippen molar-refractivity contribution >= 4 is 16.0 Å². The third-order valence-electron chi connectivity index (χ3n) is 4.04. The van der Waals surface area contributed by atoms with E-state index in [1.54, 1.807) is 0 Å². The predicted octanol–water partition coefficient (Wildman–Crippen LogP) is 1.07. The van der Waals surface area contributed by atoms with Gasteiger partial charge in [0.15, 0.2) is 0 Å². The summed E-state index contributed by atoms with van der Waals surface area (Å²) < 4.78 is 28.0. The number of sulfonamides is 1. The Morgan fingerprint density at radius 3 is 2.86 bits per heavy atom. The van der Waals surface area contributed by atoms with Crippen molar-refractivity contribution in [3.8, 4) is 0 Å².